The Morgan fingerprint density at radius 2 is 1.50 bits per heavy atom. The van der Waals surface area contributed by atoms with E-state index in [2.05, 4.69) is 5.32 Å². The number of rotatable bonds is 5. The number of carbonyl (C=O) groups excluding carboxylic acids is 2. The number of benzene rings is 3. The zero-order valence-corrected chi connectivity index (χ0v) is 18.0. The number of carbonyl (C=O) groups is 2. The fraction of sp³-hybridized carbons (Fsp3) is 0.154. The molecule has 0 unspecified atom stereocenters. The molecule has 0 aliphatic carbocycles. The monoisotopic (exact) mass is 432 g/mol. The van der Waals surface area contributed by atoms with Crippen molar-refractivity contribution in [3.8, 4) is 0 Å². The van der Waals surface area contributed by atoms with E-state index in [-0.39, 0.29) is 23.5 Å². The zero-order valence-electron chi connectivity index (χ0n) is 18.0. The molecule has 6 heteroatoms. The lowest BCUT2D eigenvalue weighted by Crippen LogP contribution is -2.32. The van der Waals surface area contributed by atoms with Crippen LogP contribution in [-0.4, -0.2) is 16.7 Å². The number of hydrogen-bond acceptors (Lipinski definition) is 3. The van der Waals surface area contributed by atoms with Gasteiger partial charge in [0.25, 0.3) is 11.8 Å². The van der Waals surface area contributed by atoms with E-state index in [0.717, 1.165) is 39.3 Å². The van der Waals surface area contributed by atoms with E-state index >= 15 is 0 Å². The maximum absolute atomic E-state index is 13.7. The number of hydrogen-bond donors (Lipinski definition) is 1. The zero-order chi connectivity index (χ0) is 23.0. The summed E-state index contributed by atoms with van der Waals surface area (Å²) in [4.78, 5) is 27.8. The Hall–Kier alpha value is -3.80. The van der Waals surface area contributed by atoms with Gasteiger partial charge in [0, 0.05) is 11.8 Å². The third kappa shape index (κ3) is 4.04. The summed E-state index contributed by atoms with van der Waals surface area (Å²) in [5.41, 5.74) is 4.92. The highest BCUT2D eigenvalue weighted by atomic mass is 19.2. The first-order valence-corrected chi connectivity index (χ1v) is 10.2. The molecule has 4 rings (SSSR count). The minimum Gasteiger partial charge on any atom is -0.350 e. The molecule has 1 aliphatic heterocycles. The Kier molecular flexibility index (Phi) is 5.61. The second-order valence-electron chi connectivity index (χ2n) is 7.98. The maximum Gasteiger partial charge on any atom is 0.278 e. The molecule has 0 spiro atoms. The highest BCUT2D eigenvalue weighted by Gasteiger charge is 2.39. The molecule has 0 radical (unpaired) electrons. The minimum absolute atomic E-state index is 0.0383. The minimum atomic E-state index is -1.04. The van der Waals surface area contributed by atoms with Gasteiger partial charge in [-0.3, -0.25) is 14.5 Å². The molecule has 32 heavy (non-hydrogen) atoms. The lowest BCUT2D eigenvalue weighted by molar-refractivity contribution is -0.137. The van der Waals surface area contributed by atoms with Gasteiger partial charge < -0.3 is 5.32 Å². The molecule has 0 aromatic heterocycles. The number of imide groups is 1. The topological polar surface area (TPSA) is 49.4 Å². The predicted molar refractivity (Wildman–Crippen MR) is 120 cm³/mol. The van der Waals surface area contributed by atoms with Crippen LogP contribution in [0.2, 0.25) is 0 Å². The lowest BCUT2D eigenvalue weighted by atomic mass is 9.99. The summed E-state index contributed by atoms with van der Waals surface area (Å²) >= 11 is 0. The first kappa shape index (κ1) is 21.4. The SMILES string of the molecule is Cc1ccc(CN2C(=O)C(Nc3ccc(F)c(F)c3)=C(c3ccc(C)c(C)c3)C2=O)cc1. The van der Waals surface area contributed by atoms with Crippen LogP contribution in [0.3, 0.4) is 0 Å². The summed E-state index contributed by atoms with van der Waals surface area (Å²) in [6, 6.07) is 16.3. The smallest absolute Gasteiger partial charge is 0.278 e. The third-order valence-corrected chi connectivity index (χ3v) is 5.61. The van der Waals surface area contributed by atoms with Crippen LogP contribution in [-0.2, 0) is 16.1 Å². The number of amides is 2. The van der Waals surface area contributed by atoms with Gasteiger partial charge in [0.2, 0.25) is 0 Å². The van der Waals surface area contributed by atoms with E-state index < -0.39 is 23.4 Å². The summed E-state index contributed by atoms with van der Waals surface area (Å²) < 4.78 is 27.1. The highest BCUT2D eigenvalue weighted by molar-refractivity contribution is 6.36. The number of aryl methyl sites for hydroxylation is 3. The van der Waals surface area contributed by atoms with Gasteiger partial charge in [-0.05, 0) is 55.2 Å². The standard InChI is InChI=1S/C26H22F2N2O2/c1-15-4-7-18(8-5-15)14-30-25(31)23(19-9-6-16(2)17(3)12-19)24(26(30)32)29-20-10-11-21(27)22(28)13-20/h4-13,29H,14H2,1-3H3. The third-order valence-electron chi connectivity index (χ3n) is 5.61. The average Bonchev–Trinajstić information content (AvgIpc) is 2.98. The fourth-order valence-electron chi connectivity index (χ4n) is 3.59. The van der Waals surface area contributed by atoms with Gasteiger partial charge in [0.1, 0.15) is 5.70 Å². The Balaban J connectivity index is 1.76. The summed E-state index contributed by atoms with van der Waals surface area (Å²) in [7, 11) is 0. The van der Waals surface area contributed by atoms with Gasteiger partial charge in [-0.2, -0.15) is 0 Å². The summed E-state index contributed by atoms with van der Waals surface area (Å²) in [5, 5.41) is 2.86. The normalized spacial score (nSPS) is 13.8. The molecule has 0 bridgehead atoms. The van der Waals surface area contributed by atoms with Crippen LogP contribution in [0.1, 0.15) is 27.8 Å². The molecule has 1 aliphatic rings. The van der Waals surface area contributed by atoms with Crippen molar-refractivity contribution in [2.24, 2.45) is 0 Å². The van der Waals surface area contributed by atoms with Crippen LogP contribution in [0, 0.1) is 32.4 Å². The summed E-state index contributed by atoms with van der Waals surface area (Å²) in [6.07, 6.45) is 0. The van der Waals surface area contributed by atoms with Gasteiger partial charge in [-0.25, -0.2) is 8.78 Å². The number of halogens is 2. The molecule has 4 nitrogen and oxygen atoms in total. The molecule has 3 aromatic rings. The summed E-state index contributed by atoms with van der Waals surface area (Å²) in [5.74, 6) is -3.00. The van der Waals surface area contributed by atoms with Gasteiger partial charge in [-0.1, -0.05) is 48.0 Å². The molecule has 0 saturated carbocycles. The number of nitrogens with one attached hydrogen (secondary N) is 1. The van der Waals surface area contributed by atoms with Crippen LogP contribution in [0.4, 0.5) is 14.5 Å². The summed E-state index contributed by atoms with van der Waals surface area (Å²) in [6.45, 7) is 5.95. The molecule has 0 saturated heterocycles. The van der Waals surface area contributed by atoms with Crippen molar-refractivity contribution < 1.29 is 18.4 Å². The van der Waals surface area contributed by atoms with Crippen molar-refractivity contribution in [1.82, 2.24) is 4.90 Å². The van der Waals surface area contributed by atoms with E-state index in [1.165, 1.54) is 6.07 Å². The Morgan fingerprint density at radius 3 is 2.16 bits per heavy atom. The largest absolute Gasteiger partial charge is 0.350 e. The van der Waals surface area contributed by atoms with Crippen molar-refractivity contribution >= 4 is 23.1 Å². The van der Waals surface area contributed by atoms with E-state index in [4.69, 9.17) is 0 Å². The lowest BCUT2D eigenvalue weighted by Gasteiger charge is -2.16. The quantitative estimate of drug-likeness (QED) is 0.558. The fourth-order valence-corrected chi connectivity index (χ4v) is 3.59. The van der Waals surface area contributed by atoms with Gasteiger partial charge in [0.05, 0.1) is 12.1 Å². The molecule has 1 N–H and O–H groups in total. The Labute approximate surface area is 185 Å². The second-order valence-corrected chi connectivity index (χ2v) is 7.98. The van der Waals surface area contributed by atoms with Crippen LogP contribution in [0.5, 0.6) is 0 Å². The molecule has 0 atom stereocenters. The van der Waals surface area contributed by atoms with Crippen molar-refractivity contribution in [2.75, 3.05) is 5.32 Å². The molecule has 162 valence electrons. The van der Waals surface area contributed by atoms with Crippen LogP contribution in [0.25, 0.3) is 5.57 Å². The van der Waals surface area contributed by atoms with E-state index in [1.807, 2.05) is 57.2 Å². The molecular formula is C26H22F2N2O2. The van der Waals surface area contributed by atoms with Crippen LogP contribution >= 0.6 is 0 Å². The Bertz CT molecular complexity index is 1260. The van der Waals surface area contributed by atoms with Gasteiger partial charge in [-0.15, -0.1) is 0 Å². The first-order chi connectivity index (χ1) is 15.2. The first-order valence-electron chi connectivity index (χ1n) is 10.2. The van der Waals surface area contributed by atoms with E-state index in [0.29, 0.717) is 5.56 Å². The molecular weight excluding hydrogens is 410 g/mol. The van der Waals surface area contributed by atoms with Crippen molar-refractivity contribution in [1.29, 1.82) is 0 Å². The van der Waals surface area contributed by atoms with Crippen molar-refractivity contribution in [3.63, 3.8) is 0 Å². The molecule has 2 amide bonds. The second kappa shape index (κ2) is 8.38. The van der Waals surface area contributed by atoms with Crippen molar-refractivity contribution in [2.45, 2.75) is 27.3 Å². The van der Waals surface area contributed by atoms with Crippen molar-refractivity contribution in [3.05, 3.63) is 106 Å². The maximum atomic E-state index is 13.7. The van der Waals surface area contributed by atoms with Crippen LogP contribution < -0.4 is 5.32 Å². The van der Waals surface area contributed by atoms with E-state index in [1.54, 1.807) is 6.07 Å². The average molecular weight is 432 g/mol. The highest BCUT2D eigenvalue weighted by Crippen LogP contribution is 2.32. The molecule has 3 aromatic carbocycles. The number of anilines is 1. The Morgan fingerprint density at radius 1 is 0.781 bits per heavy atom. The van der Waals surface area contributed by atoms with Crippen LogP contribution in [0.15, 0.2) is 66.4 Å². The van der Waals surface area contributed by atoms with Gasteiger partial charge >= 0.3 is 0 Å². The van der Waals surface area contributed by atoms with E-state index in [9.17, 15) is 18.4 Å². The predicted octanol–water partition coefficient (Wildman–Crippen LogP) is 5.28. The molecule has 0 fully saturated rings. The van der Waals surface area contributed by atoms with Gasteiger partial charge in [0.15, 0.2) is 11.6 Å². The molecule has 1 heterocycles. The number of nitrogens with zero attached hydrogens (tertiary/aromatic N) is 1.